The molecular formula is C25H32N2O3. The number of amides is 1. The van der Waals surface area contributed by atoms with Crippen molar-refractivity contribution >= 4 is 5.91 Å². The first kappa shape index (κ1) is 20.7. The smallest absolute Gasteiger partial charge is 0.236 e. The molecule has 1 amide bonds. The van der Waals surface area contributed by atoms with E-state index in [0.717, 1.165) is 43.7 Å². The standard InChI is InChI=1S/C25H32N2O3/c1-3-19-7-9-20(10-8-19)17-26(2)25(28)18-27-13-4-6-22(27)21-11-12-23-24(16-21)30-15-5-14-29-23/h7-12,16,22H,3-6,13-15,17-18H2,1-2H3. The third kappa shape index (κ3) is 4.78. The van der Waals surface area contributed by atoms with Crippen LogP contribution in [0.5, 0.6) is 11.5 Å². The number of aryl methyl sites for hydroxylation is 1. The summed E-state index contributed by atoms with van der Waals surface area (Å²) in [6.45, 7) is 5.58. The molecule has 1 fully saturated rings. The van der Waals surface area contributed by atoms with E-state index in [2.05, 4.69) is 48.2 Å². The predicted molar refractivity (Wildman–Crippen MR) is 118 cm³/mol. The Balaban J connectivity index is 1.39. The summed E-state index contributed by atoms with van der Waals surface area (Å²) >= 11 is 0. The molecule has 5 nitrogen and oxygen atoms in total. The molecule has 0 bridgehead atoms. The highest BCUT2D eigenvalue weighted by Crippen LogP contribution is 2.37. The van der Waals surface area contributed by atoms with E-state index < -0.39 is 0 Å². The van der Waals surface area contributed by atoms with Crippen LogP contribution in [-0.2, 0) is 17.8 Å². The van der Waals surface area contributed by atoms with Crippen molar-refractivity contribution in [1.29, 1.82) is 0 Å². The molecule has 0 radical (unpaired) electrons. The van der Waals surface area contributed by atoms with E-state index in [1.165, 1.54) is 16.7 Å². The molecule has 1 saturated heterocycles. The van der Waals surface area contributed by atoms with Gasteiger partial charge in [0.15, 0.2) is 11.5 Å². The van der Waals surface area contributed by atoms with Gasteiger partial charge in [-0.3, -0.25) is 9.69 Å². The van der Waals surface area contributed by atoms with E-state index in [1.54, 1.807) is 0 Å². The van der Waals surface area contributed by atoms with E-state index in [4.69, 9.17) is 9.47 Å². The highest BCUT2D eigenvalue weighted by atomic mass is 16.5. The summed E-state index contributed by atoms with van der Waals surface area (Å²) in [5.41, 5.74) is 3.70. The number of likely N-dealkylation sites (N-methyl/N-ethyl adjacent to an activating group) is 1. The number of rotatable bonds is 6. The maximum Gasteiger partial charge on any atom is 0.236 e. The molecule has 2 aliphatic heterocycles. The van der Waals surface area contributed by atoms with E-state index >= 15 is 0 Å². The molecule has 1 unspecified atom stereocenters. The fraction of sp³-hybridized carbons (Fsp3) is 0.480. The van der Waals surface area contributed by atoms with E-state index in [-0.39, 0.29) is 11.9 Å². The Morgan fingerprint density at radius 2 is 1.77 bits per heavy atom. The third-order valence-corrected chi connectivity index (χ3v) is 6.14. The van der Waals surface area contributed by atoms with Crippen LogP contribution in [0.25, 0.3) is 0 Å². The van der Waals surface area contributed by atoms with E-state index in [9.17, 15) is 4.79 Å². The number of carbonyl (C=O) groups excluding carboxylic acids is 1. The average molecular weight is 409 g/mol. The number of carbonyl (C=O) groups is 1. The molecular weight excluding hydrogens is 376 g/mol. The minimum Gasteiger partial charge on any atom is -0.490 e. The first-order valence-electron chi connectivity index (χ1n) is 11.1. The molecule has 4 rings (SSSR count). The van der Waals surface area contributed by atoms with E-state index in [0.29, 0.717) is 26.3 Å². The second kappa shape index (κ2) is 9.52. The van der Waals surface area contributed by atoms with Gasteiger partial charge in [0.1, 0.15) is 0 Å². The Hall–Kier alpha value is -2.53. The molecule has 0 aromatic heterocycles. The number of fused-ring (bicyclic) bond motifs is 1. The zero-order chi connectivity index (χ0) is 20.9. The summed E-state index contributed by atoms with van der Waals surface area (Å²) in [7, 11) is 1.90. The molecule has 30 heavy (non-hydrogen) atoms. The van der Waals surface area contributed by atoms with Crippen LogP contribution >= 0.6 is 0 Å². The molecule has 2 aromatic carbocycles. The van der Waals surface area contributed by atoms with Gasteiger partial charge in [-0.05, 0) is 54.6 Å². The first-order valence-corrected chi connectivity index (χ1v) is 11.1. The predicted octanol–water partition coefficient (Wildman–Crippen LogP) is 4.21. The summed E-state index contributed by atoms with van der Waals surface area (Å²) in [6, 6.07) is 15.0. The summed E-state index contributed by atoms with van der Waals surface area (Å²) in [5.74, 6) is 1.82. The summed E-state index contributed by atoms with van der Waals surface area (Å²) in [5, 5.41) is 0. The van der Waals surface area contributed by atoms with Gasteiger partial charge in [0.05, 0.1) is 19.8 Å². The van der Waals surface area contributed by atoms with Crippen molar-refractivity contribution in [3.8, 4) is 11.5 Å². The monoisotopic (exact) mass is 408 g/mol. The number of ether oxygens (including phenoxy) is 2. The van der Waals surface area contributed by atoms with Crippen molar-refractivity contribution in [3.05, 3.63) is 59.2 Å². The van der Waals surface area contributed by atoms with Crippen molar-refractivity contribution in [2.24, 2.45) is 0 Å². The summed E-state index contributed by atoms with van der Waals surface area (Å²) in [6.07, 6.45) is 4.11. The Kier molecular flexibility index (Phi) is 6.58. The number of benzene rings is 2. The molecule has 2 aliphatic rings. The van der Waals surface area contributed by atoms with Crippen LogP contribution in [0, 0.1) is 0 Å². The molecule has 1 atom stereocenters. The minimum absolute atomic E-state index is 0.163. The van der Waals surface area contributed by atoms with Crippen molar-refractivity contribution in [2.45, 2.75) is 45.2 Å². The summed E-state index contributed by atoms with van der Waals surface area (Å²) < 4.78 is 11.6. The topological polar surface area (TPSA) is 42.0 Å². The van der Waals surface area contributed by atoms with Crippen molar-refractivity contribution in [1.82, 2.24) is 9.80 Å². The summed E-state index contributed by atoms with van der Waals surface area (Å²) in [4.78, 5) is 17.1. The Bertz CT molecular complexity index is 865. The van der Waals surface area contributed by atoms with Crippen molar-refractivity contribution < 1.29 is 14.3 Å². The first-order chi connectivity index (χ1) is 14.6. The lowest BCUT2D eigenvalue weighted by atomic mass is 10.0. The Morgan fingerprint density at radius 1 is 1.03 bits per heavy atom. The van der Waals surface area contributed by atoms with Gasteiger partial charge in [0, 0.05) is 26.1 Å². The van der Waals surface area contributed by atoms with Crippen molar-refractivity contribution in [2.75, 3.05) is 33.4 Å². The molecule has 160 valence electrons. The second-order valence-corrected chi connectivity index (χ2v) is 8.31. The van der Waals surface area contributed by atoms with Gasteiger partial charge < -0.3 is 14.4 Å². The van der Waals surface area contributed by atoms with Gasteiger partial charge in [0.25, 0.3) is 0 Å². The average Bonchev–Trinajstić information content (AvgIpc) is 3.09. The maximum atomic E-state index is 12.9. The highest BCUT2D eigenvalue weighted by molar-refractivity contribution is 5.78. The normalized spacial score (nSPS) is 18.8. The fourth-order valence-corrected chi connectivity index (χ4v) is 4.32. The van der Waals surface area contributed by atoms with Gasteiger partial charge in [-0.2, -0.15) is 0 Å². The van der Waals surface area contributed by atoms with Gasteiger partial charge in [-0.15, -0.1) is 0 Å². The lowest BCUT2D eigenvalue weighted by molar-refractivity contribution is -0.131. The number of likely N-dealkylation sites (tertiary alicyclic amines) is 1. The molecule has 0 spiro atoms. The lowest BCUT2D eigenvalue weighted by Crippen LogP contribution is -2.37. The molecule has 0 saturated carbocycles. The van der Waals surface area contributed by atoms with Gasteiger partial charge in [-0.1, -0.05) is 37.3 Å². The van der Waals surface area contributed by atoms with Gasteiger partial charge in [0.2, 0.25) is 5.91 Å². The minimum atomic E-state index is 0.163. The number of nitrogens with zero attached hydrogens (tertiary/aromatic N) is 2. The fourth-order valence-electron chi connectivity index (χ4n) is 4.32. The number of hydrogen-bond acceptors (Lipinski definition) is 4. The zero-order valence-electron chi connectivity index (χ0n) is 18.1. The van der Waals surface area contributed by atoms with Crippen LogP contribution in [-0.4, -0.2) is 49.1 Å². The molecule has 5 heteroatoms. The largest absolute Gasteiger partial charge is 0.490 e. The molecule has 2 aromatic rings. The van der Waals surface area contributed by atoms with Gasteiger partial charge >= 0.3 is 0 Å². The Morgan fingerprint density at radius 3 is 2.53 bits per heavy atom. The number of hydrogen-bond donors (Lipinski definition) is 0. The SMILES string of the molecule is CCc1ccc(CN(C)C(=O)CN2CCCC2c2ccc3c(c2)OCCCO3)cc1. The molecule has 2 heterocycles. The van der Waals surface area contributed by atoms with Crippen LogP contribution in [0.4, 0.5) is 0 Å². The molecule has 0 N–H and O–H groups in total. The van der Waals surface area contributed by atoms with Gasteiger partial charge in [-0.25, -0.2) is 0 Å². The zero-order valence-corrected chi connectivity index (χ0v) is 18.1. The van der Waals surface area contributed by atoms with Crippen LogP contribution < -0.4 is 9.47 Å². The highest BCUT2D eigenvalue weighted by Gasteiger charge is 2.29. The van der Waals surface area contributed by atoms with Crippen LogP contribution in [0.3, 0.4) is 0 Å². The van der Waals surface area contributed by atoms with Crippen LogP contribution in [0.1, 0.15) is 48.9 Å². The third-order valence-electron chi connectivity index (χ3n) is 6.14. The van der Waals surface area contributed by atoms with Crippen LogP contribution in [0.2, 0.25) is 0 Å². The second-order valence-electron chi connectivity index (χ2n) is 8.31. The maximum absolute atomic E-state index is 12.9. The lowest BCUT2D eigenvalue weighted by Gasteiger charge is -2.27. The van der Waals surface area contributed by atoms with Crippen LogP contribution in [0.15, 0.2) is 42.5 Å². The Labute approximate surface area is 179 Å². The molecule has 0 aliphatic carbocycles. The quantitative estimate of drug-likeness (QED) is 0.718. The van der Waals surface area contributed by atoms with E-state index in [1.807, 2.05) is 18.0 Å². The van der Waals surface area contributed by atoms with Crippen molar-refractivity contribution in [3.63, 3.8) is 0 Å².